The number of methoxy groups -OCH3 is 1. The number of aromatic nitrogens is 1. The zero-order valence-corrected chi connectivity index (χ0v) is 18.8. The quantitative estimate of drug-likeness (QED) is 0.360. The molecule has 0 aliphatic carbocycles. The summed E-state index contributed by atoms with van der Waals surface area (Å²) in [6.45, 7) is 1.00. The molecule has 174 valence electrons. The number of rotatable bonds is 7. The lowest BCUT2D eigenvalue weighted by atomic mass is 9.89. The molecular formula is C27H25FN2O4. The molecule has 0 radical (unpaired) electrons. The van der Waals surface area contributed by atoms with Gasteiger partial charge in [-0.2, -0.15) is 0 Å². The molecule has 1 amide bonds. The molecule has 1 fully saturated rings. The number of nitrogens with zero attached hydrogens (tertiary/aromatic N) is 2. The monoisotopic (exact) mass is 460 g/mol. The number of halogens is 1. The second kappa shape index (κ2) is 10.7. The van der Waals surface area contributed by atoms with Gasteiger partial charge in [0.25, 0.3) is 0 Å². The number of amides is 1. The Morgan fingerprint density at radius 2 is 1.82 bits per heavy atom. The van der Waals surface area contributed by atoms with Crippen LogP contribution in [0.3, 0.4) is 0 Å². The molecule has 2 heterocycles. The van der Waals surface area contributed by atoms with Crippen LogP contribution < -0.4 is 9.47 Å². The average Bonchev–Trinajstić information content (AvgIpc) is 2.89. The van der Waals surface area contributed by atoms with Gasteiger partial charge < -0.3 is 14.4 Å². The number of piperidine rings is 1. The van der Waals surface area contributed by atoms with Gasteiger partial charge in [-0.05, 0) is 73.0 Å². The van der Waals surface area contributed by atoms with Crippen LogP contribution in [0.4, 0.5) is 4.39 Å². The summed E-state index contributed by atoms with van der Waals surface area (Å²) in [5, 5.41) is 0. The van der Waals surface area contributed by atoms with Crippen LogP contribution in [0.15, 0.2) is 73.1 Å². The van der Waals surface area contributed by atoms with E-state index in [4.69, 9.17) is 9.47 Å². The summed E-state index contributed by atoms with van der Waals surface area (Å²) in [7, 11) is 1.59. The van der Waals surface area contributed by atoms with Crippen LogP contribution in [-0.2, 0) is 4.79 Å². The Balaban J connectivity index is 1.30. The van der Waals surface area contributed by atoms with E-state index in [9.17, 15) is 14.0 Å². The van der Waals surface area contributed by atoms with Crippen molar-refractivity contribution in [2.45, 2.75) is 12.8 Å². The highest BCUT2D eigenvalue weighted by molar-refractivity contribution is 5.98. The van der Waals surface area contributed by atoms with Gasteiger partial charge in [-0.1, -0.05) is 6.07 Å². The molecule has 0 N–H and O–H groups in total. The van der Waals surface area contributed by atoms with Crippen molar-refractivity contribution in [1.82, 2.24) is 9.88 Å². The van der Waals surface area contributed by atoms with Crippen LogP contribution in [0.25, 0.3) is 6.08 Å². The summed E-state index contributed by atoms with van der Waals surface area (Å²) >= 11 is 0. The van der Waals surface area contributed by atoms with Crippen molar-refractivity contribution in [2.75, 3.05) is 20.2 Å². The number of likely N-dealkylation sites (tertiary alicyclic amines) is 1. The summed E-state index contributed by atoms with van der Waals surface area (Å²) in [4.78, 5) is 31.0. The predicted octanol–water partition coefficient (Wildman–Crippen LogP) is 5.16. The summed E-state index contributed by atoms with van der Waals surface area (Å²) in [5.74, 6) is 0.521. The lowest BCUT2D eigenvalue weighted by molar-refractivity contribution is -0.127. The van der Waals surface area contributed by atoms with E-state index in [0.717, 1.165) is 0 Å². The van der Waals surface area contributed by atoms with Crippen LogP contribution in [0, 0.1) is 11.7 Å². The zero-order valence-electron chi connectivity index (χ0n) is 18.8. The molecule has 1 aliphatic heterocycles. The summed E-state index contributed by atoms with van der Waals surface area (Å²) in [6.07, 6.45) is 7.34. The normalized spacial score (nSPS) is 14.2. The summed E-state index contributed by atoms with van der Waals surface area (Å²) in [5.41, 5.74) is 1.21. The Hall–Kier alpha value is -4.00. The van der Waals surface area contributed by atoms with Crippen molar-refractivity contribution in [1.29, 1.82) is 0 Å². The Bertz CT molecular complexity index is 1170. The fraction of sp³-hybridized carbons (Fsp3) is 0.222. The van der Waals surface area contributed by atoms with E-state index in [0.29, 0.717) is 48.6 Å². The number of carbonyl (C=O) groups is 2. The Morgan fingerprint density at radius 1 is 1.06 bits per heavy atom. The van der Waals surface area contributed by atoms with Gasteiger partial charge in [-0.3, -0.25) is 14.6 Å². The first kappa shape index (κ1) is 23.2. The van der Waals surface area contributed by atoms with Crippen molar-refractivity contribution >= 4 is 17.8 Å². The third-order valence-electron chi connectivity index (χ3n) is 5.79. The third kappa shape index (κ3) is 5.67. The van der Waals surface area contributed by atoms with Crippen molar-refractivity contribution < 1.29 is 23.5 Å². The van der Waals surface area contributed by atoms with Crippen molar-refractivity contribution in [3.63, 3.8) is 0 Å². The van der Waals surface area contributed by atoms with E-state index in [-0.39, 0.29) is 23.4 Å². The molecule has 0 bridgehead atoms. The number of ether oxygens (including phenoxy) is 2. The van der Waals surface area contributed by atoms with E-state index in [2.05, 4.69) is 4.98 Å². The number of pyridine rings is 1. The molecule has 6 nitrogen and oxygen atoms in total. The van der Waals surface area contributed by atoms with E-state index < -0.39 is 5.82 Å². The molecule has 0 saturated carbocycles. The largest absolute Gasteiger partial charge is 0.497 e. The first-order valence-electron chi connectivity index (χ1n) is 11.1. The fourth-order valence-electron chi connectivity index (χ4n) is 3.86. The van der Waals surface area contributed by atoms with Gasteiger partial charge in [0.05, 0.1) is 13.3 Å². The predicted molar refractivity (Wildman–Crippen MR) is 126 cm³/mol. The van der Waals surface area contributed by atoms with E-state index in [1.54, 1.807) is 66.7 Å². The molecule has 3 aromatic rings. The van der Waals surface area contributed by atoms with Crippen LogP contribution >= 0.6 is 0 Å². The minimum absolute atomic E-state index is 0.0834. The van der Waals surface area contributed by atoms with Gasteiger partial charge in [-0.25, -0.2) is 4.39 Å². The fourth-order valence-corrected chi connectivity index (χ4v) is 3.86. The third-order valence-corrected chi connectivity index (χ3v) is 5.79. The molecule has 34 heavy (non-hydrogen) atoms. The van der Waals surface area contributed by atoms with Gasteiger partial charge >= 0.3 is 0 Å². The van der Waals surface area contributed by atoms with Crippen LogP contribution in [0.1, 0.15) is 28.8 Å². The Morgan fingerprint density at radius 3 is 2.47 bits per heavy atom. The topological polar surface area (TPSA) is 68.7 Å². The minimum atomic E-state index is -0.531. The molecule has 7 heteroatoms. The maximum absolute atomic E-state index is 14.4. The first-order chi connectivity index (χ1) is 16.5. The van der Waals surface area contributed by atoms with E-state index in [1.165, 1.54) is 24.4 Å². The van der Waals surface area contributed by atoms with E-state index in [1.807, 2.05) is 0 Å². The van der Waals surface area contributed by atoms with Crippen LogP contribution in [-0.4, -0.2) is 41.8 Å². The second-order valence-electron chi connectivity index (χ2n) is 8.01. The Labute approximate surface area is 197 Å². The number of carbonyl (C=O) groups excluding carboxylic acids is 2. The molecule has 0 unspecified atom stereocenters. The molecule has 1 aliphatic rings. The number of ketones is 1. The molecule has 0 atom stereocenters. The average molecular weight is 461 g/mol. The second-order valence-corrected chi connectivity index (χ2v) is 8.01. The van der Waals surface area contributed by atoms with Crippen molar-refractivity contribution in [3.8, 4) is 17.2 Å². The van der Waals surface area contributed by atoms with Crippen LogP contribution in [0.5, 0.6) is 17.2 Å². The number of hydrogen-bond donors (Lipinski definition) is 0. The van der Waals surface area contributed by atoms with E-state index >= 15 is 0 Å². The number of benzene rings is 2. The van der Waals surface area contributed by atoms with Crippen molar-refractivity contribution in [3.05, 3.63) is 90.0 Å². The molecule has 1 aromatic heterocycles. The smallest absolute Gasteiger partial charge is 0.246 e. The highest BCUT2D eigenvalue weighted by Crippen LogP contribution is 2.26. The van der Waals surface area contributed by atoms with Gasteiger partial charge in [0.2, 0.25) is 5.91 Å². The van der Waals surface area contributed by atoms with Gasteiger partial charge in [-0.15, -0.1) is 0 Å². The van der Waals surface area contributed by atoms with Gasteiger partial charge in [0.15, 0.2) is 17.3 Å². The highest BCUT2D eigenvalue weighted by Gasteiger charge is 2.27. The maximum atomic E-state index is 14.4. The maximum Gasteiger partial charge on any atom is 0.246 e. The van der Waals surface area contributed by atoms with Gasteiger partial charge in [0.1, 0.15) is 11.5 Å². The van der Waals surface area contributed by atoms with Crippen LogP contribution in [0.2, 0.25) is 0 Å². The zero-order chi connectivity index (χ0) is 23.9. The lowest BCUT2D eigenvalue weighted by Crippen LogP contribution is -2.39. The number of hydrogen-bond acceptors (Lipinski definition) is 5. The van der Waals surface area contributed by atoms with Gasteiger partial charge in [0, 0.05) is 36.8 Å². The highest BCUT2D eigenvalue weighted by atomic mass is 19.1. The standard InChI is InChI=1S/C27H25FN2O4/c1-33-22-8-6-20(7-9-22)27(32)21-12-15-30(16-13-21)26(31)11-5-19-4-10-25(24(28)17-19)34-23-3-2-14-29-18-23/h2-11,14,17-18,21H,12-13,15-16H2,1H3/b11-5+. The first-order valence-corrected chi connectivity index (χ1v) is 11.1. The molecular weight excluding hydrogens is 435 g/mol. The van der Waals surface area contributed by atoms with Crippen molar-refractivity contribution in [2.24, 2.45) is 5.92 Å². The molecule has 1 saturated heterocycles. The molecule has 4 rings (SSSR count). The number of Topliss-reactive ketones (excluding diaryl/α,β-unsaturated/α-hetero) is 1. The lowest BCUT2D eigenvalue weighted by Gasteiger charge is -2.30. The SMILES string of the molecule is COc1ccc(C(=O)C2CCN(C(=O)/C=C/c3ccc(Oc4cccnc4)c(F)c3)CC2)cc1. The molecule has 0 spiro atoms. The Kier molecular flexibility index (Phi) is 7.32. The summed E-state index contributed by atoms with van der Waals surface area (Å²) < 4.78 is 25.0. The summed E-state index contributed by atoms with van der Waals surface area (Å²) in [6, 6.07) is 15.0. The molecule has 2 aromatic carbocycles. The minimum Gasteiger partial charge on any atom is -0.497 e.